The summed E-state index contributed by atoms with van der Waals surface area (Å²) in [7, 11) is 0. The number of hydrogen-bond donors (Lipinski definition) is 1. The molecule has 0 amide bonds. The second kappa shape index (κ2) is 14.3. The van der Waals surface area contributed by atoms with Gasteiger partial charge in [-0.15, -0.1) is 0 Å². The van der Waals surface area contributed by atoms with Gasteiger partial charge in [-0.3, -0.25) is 0 Å². The standard InChI is InChI=1S/C13H24O5.Na/c1-2-3-4-5-6-7-10-18-13(17)11(14)8-9-12(15)16;/h11,14H,2-10H2,1H3,(H,15,16);/q;+1/p-1/t11-;/m1./s1/i8+1,9+1,11+1,12+1,13+1;. The minimum atomic E-state index is -1.36. The third-order valence-electron chi connectivity index (χ3n) is 2.64. The number of hydrogen-bond acceptors (Lipinski definition) is 5. The first-order chi connectivity index (χ1) is 8.57. The Morgan fingerprint density at radius 1 is 1.16 bits per heavy atom. The molecule has 0 fully saturated rings. The topological polar surface area (TPSA) is 86.7 Å². The van der Waals surface area contributed by atoms with Crippen LogP contribution in [0.15, 0.2) is 0 Å². The summed E-state index contributed by atoms with van der Waals surface area (Å²) in [5.74, 6) is -2.03. The van der Waals surface area contributed by atoms with E-state index in [1.807, 2.05) is 0 Å². The van der Waals surface area contributed by atoms with Gasteiger partial charge in [0.15, 0.2) is 6.10 Å². The van der Waals surface area contributed by atoms with Gasteiger partial charge >= 0.3 is 35.5 Å². The monoisotopic (exact) mass is 287 g/mol. The van der Waals surface area contributed by atoms with Crippen molar-refractivity contribution in [1.29, 1.82) is 0 Å². The second-order valence-electron chi connectivity index (χ2n) is 4.36. The van der Waals surface area contributed by atoms with Gasteiger partial charge in [-0.2, -0.15) is 0 Å². The van der Waals surface area contributed by atoms with Gasteiger partial charge in [-0.25, -0.2) is 4.79 Å². The van der Waals surface area contributed by atoms with Gasteiger partial charge in [0, 0.05) is 5.97 Å². The van der Waals surface area contributed by atoms with Crippen LogP contribution in [-0.4, -0.2) is 29.8 Å². The van der Waals surface area contributed by atoms with E-state index in [4.69, 9.17) is 4.74 Å². The Labute approximate surface area is 137 Å². The molecule has 6 heteroatoms. The predicted octanol–water partition coefficient (Wildman–Crippen LogP) is -2.21. The number of unbranched alkanes of at least 4 members (excludes halogenated alkanes) is 5. The molecule has 0 aliphatic heterocycles. The Morgan fingerprint density at radius 2 is 1.74 bits per heavy atom. The maximum absolute atomic E-state index is 11.2. The molecule has 0 rings (SSSR count). The number of carboxylic acid groups (broad SMARTS) is 1. The second-order valence-corrected chi connectivity index (χ2v) is 4.36. The number of carboxylic acids is 1. The van der Waals surface area contributed by atoms with Gasteiger partial charge in [0.05, 0.1) is 6.61 Å². The molecule has 1 atom stereocenters. The van der Waals surface area contributed by atoms with Gasteiger partial charge in [-0.05, 0) is 19.3 Å². The molecule has 19 heavy (non-hydrogen) atoms. The van der Waals surface area contributed by atoms with E-state index in [2.05, 4.69) is 6.92 Å². The summed E-state index contributed by atoms with van der Waals surface area (Å²) in [6, 6.07) is 0. The molecule has 0 aliphatic carbocycles. The molecule has 0 saturated carbocycles. The summed E-state index contributed by atoms with van der Waals surface area (Å²) >= 11 is 0. The molecule has 1 N–H and O–H groups in total. The Bertz CT molecular complexity index is 245. The van der Waals surface area contributed by atoms with Crippen LogP contribution in [0.4, 0.5) is 0 Å². The molecule has 0 radical (unpaired) electrons. The molecule has 0 bridgehead atoms. The molecule has 0 aromatic rings. The van der Waals surface area contributed by atoms with Gasteiger partial charge in [0.2, 0.25) is 0 Å². The third-order valence-corrected chi connectivity index (χ3v) is 2.64. The fourth-order valence-electron chi connectivity index (χ4n) is 1.52. The van der Waals surface area contributed by atoms with Crippen molar-refractivity contribution in [3.8, 4) is 0 Å². The molecule has 0 saturated heterocycles. The third kappa shape index (κ3) is 14.1. The van der Waals surface area contributed by atoms with Crippen molar-refractivity contribution in [2.24, 2.45) is 0 Å². The van der Waals surface area contributed by atoms with Crippen molar-refractivity contribution in [3.63, 3.8) is 0 Å². The van der Waals surface area contributed by atoms with E-state index >= 15 is 0 Å². The van der Waals surface area contributed by atoms with E-state index in [-0.39, 0.29) is 49.0 Å². The zero-order valence-corrected chi connectivity index (χ0v) is 14.0. The van der Waals surface area contributed by atoms with Crippen LogP contribution in [0.5, 0.6) is 0 Å². The fourth-order valence-corrected chi connectivity index (χ4v) is 1.52. The quantitative estimate of drug-likeness (QED) is 0.201. The van der Waals surface area contributed by atoms with Crippen molar-refractivity contribution in [3.05, 3.63) is 0 Å². The van der Waals surface area contributed by atoms with E-state index in [0.717, 1.165) is 19.3 Å². The zero-order valence-electron chi connectivity index (χ0n) is 12.0. The average Bonchev–Trinajstić information content (AvgIpc) is 2.34. The van der Waals surface area contributed by atoms with Crippen LogP contribution < -0.4 is 34.7 Å². The van der Waals surface area contributed by atoms with Crippen LogP contribution in [0.2, 0.25) is 0 Å². The normalized spacial score (nSPS) is 11.5. The number of rotatable bonds is 11. The van der Waals surface area contributed by atoms with Crippen LogP contribution in [0.1, 0.15) is 58.3 Å². The van der Waals surface area contributed by atoms with Crippen molar-refractivity contribution in [2.45, 2.75) is 64.4 Å². The van der Waals surface area contributed by atoms with E-state index in [9.17, 15) is 19.8 Å². The molecule has 5 nitrogen and oxygen atoms in total. The first kappa shape index (κ1) is 21.2. The Hall–Kier alpha value is -0.100. The molecule has 0 spiro atoms. The summed E-state index contributed by atoms with van der Waals surface area (Å²) in [5.41, 5.74) is 0. The van der Waals surface area contributed by atoms with E-state index in [1.165, 1.54) is 19.3 Å². The zero-order chi connectivity index (χ0) is 13.8. The van der Waals surface area contributed by atoms with Crippen molar-refractivity contribution < 1.29 is 54.1 Å². The first-order valence-corrected chi connectivity index (χ1v) is 6.62. The Morgan fingerprint density at radius 3 is 2.32 bits per heavy atom. The van der Waals surface area contributed by atoms with Crippen LogP contribution in [0.3, 0.4) is 0 Å². The summed E-state index contributed by atoms with van der Waals surface area (Å²) in [5, 5.41) is 19.4. The Balaban J connectivity index is 0. The van der Waals surface area contributed by atoms with Gasteiger partial charge < -0.3 is 19.7 Å². The number of esters is 1. The minimum absolute atomic E-state index is 0. The minimum Gasteiger partial charge on any atom is -0.550 e. The van der Waals surface area contributed by atoms with Crippen LogP contribution >= 0.6 is 0 Å². The molecule has 106 valence electrons. The fraction of sp³-hybridized carbons (Fsp3) is 0.846. The molecule has 0 heterocycles. The maximum Gasteiger partial charge on any atom is 1.00 e. The van der Waals surface area contributed by atoms with Gasteiger partial charge in [0.25, 0.3) is 0 Å². The molecule has 0 unspecified atom stereocenters. The van der Waals surface area contributed by atoms with Crippen LogP contribution in [-0.2, 0) is 14.3 Å². The molecular weight excluding hydrogens is 264 g/mol. The summed E-state index contributed by atoms with van der Waals surface area (Å²) < 4.78 is 4.84. The average molecular weight is 287 g/mol. The van der Waals surface area contributed by atoms with Crippen LogP contribution in [0.25, 0.3) is 0 Å². The smallest absolute Gasteiger partial charge is 0.550 e. The van der Waals surface area contributed by atoms with Gasteiger partial charge in [-0.1, -0.05) is 39.0 Å². The Kier molecular flexibility index (Phi) is 16.0. The first-order valence-electron chi connectivity index (χ1n) is 6.62. The van der Waals surface area contributed by atoms with E-state index < -0.39 is 18.0 Å². The molecule has 0 aromatic heterocycles. The number of aliphatic carboxylic acids is 1. The number of aliphatic hydroxyl groups excluding tert-OH is 1. The number of aliphatic hydroxyl groups is 1. The maximum atomic E-state index is 11.2. The van der Waals surface area contributed by atoms with Gasteiger partial charge in [0.1, 0.15) is 0 Å². The van der Waals surface area contributed by atoms with Crippen LogP contribution in [0, 0.1) is 0 Å². The number of carbonyl (C=O) groups is 2. The summed E-state index contributed by atoms with van der Waals surface area (Å²) in [4.78, 5) is 21.3. The summed E-state index contributed by atoms with van der Waals surface area (Å²) in [6.45, 7) is 2.43. The van der Waals surface area contributed by atoms with E-state index in [0.29, 0.717) is 0 Å². The number of carbonyl (C=O) groups excluding carboxylic acids is 2. The summed E-state index contributed by atoms with van der Waals surface area (Å²) in [6.07, 6.45) is 4.66. The number of ether oxygens (including phenoxy) is 1. The van der Waals surface area contributed by atoms with E-state index in [1.54, 1.807) is 0 Å². The van der Waals surface area contributed by atoms with Crippen molar-refractivity contribution >= 4 is 11.9 Å². The molecule has 0 aromatic carbocycles. The van der Waals surface area contributed by atoms with Crippen molar-refractivity contribution in [2.75, 3.05) is 6.61 Å². The SMILES string of the molecule is CCCCCCCCO[13C](=O)[13C@H](O)[13CH2][13CH2][13C](=O)[O-].[Na+]. The largest absolute Gasteiger partial charge is 1.00 e. The molecule has 0 aliphatic rings. The predicted molar refractivity (Wildman–Crippen MR) is 64.6 cm³/mol. The van der Waals surface area contributed by atoms with Crippen molar-refractivity contribution in [1.82, 2.24) is 0 Å². The molecular formula is C13H23NaO5.